The molecule has 0 spiro atoms. The molecule has 0 radical (unpaired) electrons. The van der Waals surface area contributed by atoms with Gasteiger partial charge in [-0.3, -0.25) is 4.79 Å². The lowest BCUT2D eigenvalue weighted by Gasteiger charge is -2.03. The summed E-state index contributed by atoms with van der Waals surface area (Å²) in [5.74, 6) is -0.778. The van der Waals surface area contributed by atoms with E-state index in [1.54, 1.807) is 0 Å². The van der Waals surface area contributed by atoms with Gasteiger partial charge in [0.05, 0.1) is 6.42 Å². The van der Waals surface area contributed by atoms with Crippen molar-refractivity contribution in [3.05, 3.63) is 29.8 Å². The molecule has 0 atom stereocenters. The van der Waals surface area contributed by atoms with Crippen molar-refractivity contribution in [1.29, 1.82) is 0 Å². The van der Waals surface area contributed by atoms with E-state index in [9.17, 15) is 4.79 Å². The highest BCUT2D eigenvalue weighted by atomic mass is 16.4. The maximum absolute atomic E-state index is 10.2. The van der Waals surface area contributed by atoms with Crippen LogP contribution in [0.5, 0.6) is 0 Å². The first kappa shape index (κ1) is 9.58. The second kappa shape index (κ2) is 4.50. The number of nitrogens with one attached hydrogen (secondary N) is 1. The summed E-state index contributed by atoms with van der Waals surface area (Å²) in [6.45, 7) is 2.49. The van der Waals surface area contributed by atoms with E-state index in [0.29, 0.717) is 6.54 Å². The first-order chi connectivity index (χ1) is 6.18. The number of carboxylic acids is 1. The average molecular weight is 179 g/mol. The Balaban J connectivity index is 2.37. The molecular weight excluding hydrogens is 166 g/mol. The minimum atomic E-state index is -0.778. The van der Waals surface area contributed by atoms with E-state index in [2.05, 4.69) is 5.32 Å². The van der Waals surface area contributed by atoms with Crippen LogP contribution in [0.2, 0.25) is 0 Å². The number of carbonyl (C=O) groups is 1. The Morgan fingerprint density at radius 1 is 1.38 bits per heavy atom. The van der Waals surface area contributed by atoms with Crippen LogP contribution in [0.4, 0.5) is 5.69 Å². The van der Waals surface area contributed by atoms with Crippen molar-refractivity contribution in [3.8, 4) is 0 Å². The van der Waals surface area contributed by atoms with Gasteiger partial charge in [-0.2, -0.15) is 0 Å². The second-order valence-electron chi connectivity index (χ2n) is 2.94. The standard InChI is InChI=1S/C10H13NO2/c1-8-2-4-9(5-3-8)11-7-6-10(12)13/h2-5,11H,6-7H2,1H3,(H,12,13). The van der Waals surface area contributed by atoms with Crippen molar-refractivity contribution in [2.24, 2.45) is 0 Å². The fourth-order valence-electron chi connectivity index (χ4n) is 0.985. The predicted molar refractivity (Wildman–Crippen MR) is 51.9 cm³/mol. The van der Waals surface area contributed by atoms with Gasteiger partial charge in [-0.25, -0.2) is 0 Å². The summed E-state index contributed by atoms with van der Waals surface area (Å²) < 4.78 is 0. The molecule has 13 heavy (non-hydrogen) atoms. The topological polar surface area (TPSA) is 49.3 Å². The van der Waals surface area contributed by atoms with Gasteiger partial charge in [0.1, 0.15) is 0 Å². The van der Waals surface area contributed by atoms with Crippen molar-refractivity contribution in [1.82, 2.24) is 0 Å². The van der Waals surface area contributed by atoms with Crippen LogP contribution >= 0.6 is 0 Å². The van der Waals surface area contributed by atoms with E-state index in [1.807, 2.05) is 31.2 Å². The van der Waals surface area contributed by atoms with Gasteiger partial charge in [0, 0.05) is 12.2 Å². The molecule has 0 saturated heterocycles. The first-order valence-corrected chi connectivity index (χ1v) is 4.21. The van der Waals surface area contributed by atoms with Crippen molar-refractivity contribution < 1.29 is 9.90 Å². The largest absolute Gasteiger partial charge is 0.481 e. The zero-order valence-corrected chi connectivity index (χ0v) is 7.58. The van der Waals surface area contributed by atoms with Gasteiger partial charge >= 0.3 is 5.97 Å². The van der Waals surface area contributed by atoms with Crippen molar-refractivity contribution in [3.63, 3.8) is 0 Å². The fourth-order valence-corrected chi connectivity index (χ4v) is 0.985. The first-order valence-electron chi connectivity index (χ1n) is 4.21. The van der Waals surface area contributed by atoms with Gasteiger partial charge in [-0.05, 0) is 19.1 Å². The molecule has 2 N–H and O–H groups in total. The summed E-state index contributed by atoms with van der Waals surface area (Å²) in [5, 5.41) is 11.4. The Morgan fingerprint density at radius 3 is 2.54 bits per heavy atom. The molecule has 1 aromatic rings. The highest BCUT2D eigenvalue weighted by Gasteiger charge is 1.95. The molecule has 0 aliphatic heterocycles. The molecule has 0 saturated carbocycles. The highest BCUT2D eigenvalue weighted by Crippen LogP contribution is 2.07. The Labute approximate surface area is 77.4 Å². The van der Waals surface area contributed by atoms with E-state index in [-0.39, 0.29) is 6.42 Å². The number of rotatable bonds is 4. The molecule has 70 valence electrons. The van der Waals surface area contributed by atoms with Crippen LogP contribution < -0.4 is 5.32 Å². The summed E-state index contributed by atoms with van der Waals surface area (Å²) in [6, 6.07) is 7.86. The summed E-state index contributed by atoms with van der Waals surface area (Å²) in [4.78, 5) is 10.2. The molecule has 1 rings (SSSR count). The molecule has 0 heterocycles. The molecule has 3 heteroatoms. The lowest BCUT2D eigenvalue weighted by Crippen LogP contribution is -2.07. The minimum Gasteiger partial charge on any atom is -0.481 e. The number of anilines is 1. The molecule has 0 aliphatic rings. The molecule has 0 fully saturated rings. The minimum absolute atomic E-state index is 0.147. The van der Waals surface area contributed by atoms with Gasteiger partial charge in [-0.15, -0.1) is 0 Å². The van der Waals surface area contributed by atoms with Crippen LogP contribution in [0.1, 0.15) is 12.0 Å². The SMILES string of the molecule is Cc1ccc(NCCC(=O)O)cc1. The van der Waals surface area contributed by atoms with E-state index < -0.39 is 5.97 Å². The predicted octanol–water partition coefficient (Wildman–Crippen LogP) is 1.88. The maximum Gasteiger partial charge on any atom is 0.305 e. The van der Waals surface area contributed by atoms with Crippen molar-refractivity contribution in [2.45, 2.75) is 13.3 Å². The number of benzene rings is 1. The Kier molecular flexibility index (Phi) is 3.31. The summed E-state index contributed by atoms with van der Waals surface area (Å²) in [5.41, 5.74) is 2.16. The van der Waals surface area contributed by atoms with Gasteiger partial charge < -0.3 is 10.4 Å². The van der Waals surface area contributed by atoms with Crippen LogP contribution in [-0.4, -0.2) is 17.6 Å². The molecule has 0 aliphatic carbocycles. The lowest BCUT2D eigenvalue weighted by molar-refractivity contribution is -0.136. The fraction of sp³-hybridized carbons (Fsp3) is 0.300. The molecule has 0 bridgehead atoms. The second-order valence-corrected chi connectivity index (χ2v) is 2.94. The highest BCUT2D eigenvalue weighted by molar-refractivity contribution is 5.67. The molecule has 0 amide bonds. The molecule has 3 nitrogen and oxygen atoms in total. The Hall–Kier alpha value is -1.51. The van der Waals surface area contributed by atoms with Gasteiger partial charge in [0.25, 0.3) is 0 Å². The van der Waals surface area contributed by atoms with Crippen molar-refractivity contribution >= 4 is 11.7 Å². The smallest absolute Gasteiger partial charge is 0.305 e. The van der Waals surface area contributed by atoms with Crippen LogP contribution in [0.25, 0.3) is 0 Å². The van der Waals surface area contributed by atoms with Gasteiger partial charge in [0.2, 0.25) is 0 Å². The molecule has 0 aromatic heterocycles. The third kappa shape index (κ3) is 3.60. The van der Waals surface area contributed by atoms with Gasteiger partial charge in [-0.1, -0.05) is 17.7 Å². The third-order valence-electron chi connectivity index (χ3n) is 1.72. The van der Waals surface area contributed by atoms with Crippen LogP contribution in [-0.2, 0) is 4.79 Å². The lowest BCUT2D eigenvalue weighted by atomic mass is 10.2. The zero-order valence-electron chi connectivity index (χ0n) is 7.58. The maximum atomic E-state index is 10.2. The van der Waals surface area contributed by atoms with Crippen LogP contribution in [0.15, 0.2) is 24.3 Å². The normalized spacial score (nSPS) is 9.62. The van der Waals surface area contributed by atoms with Crippen LogP contribution in [0, 0.1) is 6.92 Å². The van der Waals surface area contributed by atoms with Crippen LogP contribution in [0.3, 0.4) is 0 Å². The molecule has 0 unspecified atom stereocenters. The summed E-state index contributed by atoms with van der Waals surface area (Å²) >= 11 is 0. The Morgan fingerprint density at radius 2 is 2.00 bits per heavy atom. The number of hydrogen-bond acceptors (Lipinski definition) is 2. The number of aryl methyl sites for hydroxylation is 1. The van der Waals surface area contributed by atoms with E-state index in [1.165, 1.54) is 5.56 Å². The Bertz CT molecular complexity index is 279. The monoisotopic (exact) mass is 179 g/mol. The molecular formula is C10H13NO2. The van der Waals surface area contributed by atoms with E-state index in [0.717, 1.165) is 5.69 Å². The number of carboxylic acid groups (broad SMARTS) is 1. The zero-order chi connectivity index (χ0) is 9.68. The van der Waals surface area contributed by atoms with E-state index >= 15 is 0 Å². The number of aliphatic carboxylic acids is 1. The average Bonchev–Trinajstić information content (AvgIpc) is 2.08. The molecule has 1 aromatic carbocycles. The van der Waals surface area contributed by atoms with E-state index in [4.69, 9.17) is 5.11 Å². The summed E-state index contributed by atoms with van der Waals surface area (Å²) in [7, 11) is 0. The quantitative estimate of drug-likeness (QED) is 0.742. The number of hydrogen-bond donors (Lipinski definition) is 2. The third-order valence-corrected chi connectivity index (χ3v) is 1.72. The van der Waals surface area contributed by atoms with Gasteiger partial charge in [0.15, 0.2) is 0 Å². The van der Waals surface area contributed by atoms with Crippen molar-refractivity contribution in [2.75, 3.05) is 11.9 Å². The summed E-state index contributed by atoms with van der Waals surface area (Å²) in [6.07, 6.45) is 0.147.